The van der Waals surface area contributed by atoms with E-state index in [4.69, 9.17) is 4.74 Å². The van der Waals surface area contributed by atoms with E-state index in [9.17, 15) is 33.6 Å². The topological polar surface area (TPSA) is 256 Å². The maximum atomic E-state index is 15.2. The highest BCUT2D eigenvalue weighted by Gasteiger charge is 2.48. The minimum Gasteiger partial charge on any atom is -0.375 e. The minimum atomic E-state index is -1.29. The van der Waals surface area contributed by atoms with Gasteiger partial charge in [0.2, 0.25) is 59.1 Å². The number of rotatable bonds is 14. The van der Waals surface area contributed by atoms with Gasteiger partial charge in [-0.3, -0.25) is 52.7 Å². The van der Waals surface area contributed by atoms with Crippen LogP contribution < -0.4 is 16.0 Å². The maximum Gasteiger partial charge on any atom is 0.246 e. The summed E-state index contributed by atoms with van der Waals surface area (Å²) in [5.41, 5.74) is 0. The van der Waals surface area contributed by atoms with Crippen LogP contribution in [0.2, 0.25) is 0 Å². The summed E-state index contributed by atoms with van der Waals surface area (Å²) < 4.78 is 6.21. The van der Waals surface area contributed by atoms with Crippen molar-refractivity contribution in [2.45, 2.75) is 242 Å². The predicted octanol–water partition coefficient (Wildman–Crippen LogP) is 4.99. The van der Waals surface area contributed by atoms with Crippen LogP contribution in [0.1, 0.15) is 175 Å². The van der Waals surface area contributed by atoms with Crippen LogP contribution in [0.15, 0.2) is 0 Å². The molecule has 0 radical (unpaired) electrons. The van der Waals surface area contributed by atoms with E-state index in [2.05, 4.69) is 16.0 Å². The Morgan fingerprint density at radius 3 is 1.30 bits per heavy atom. The molecule has 0 aromatic heterocycles. The van der Waals surface area contributed by atoms with Gasteiger partial charge < -0.3 is 55.0 Å². The van der Waals surface area contributed by atoms with E-state index in [0.29, 0.717) is 19.4 Å². The smallest absolute Gasteiger partial charge is 0.246 e. The lowest BCUT2D eigenvalue weighted by Crippen LogP contribution is -2.63. The molecule has 2 heterocycles. The third kappa shape index (κ3) is 19.9. The molecule has 0 spiro atoms. The molecule has 2 saturated heterocycles. The summed E-state index contributed by atoms with van der Waals surface area (Å²) in [6.07, 6.45) is 0.977. The molecule has 492 valence electrons. The zero-order valence-electron chi connectivity index (χ0n) is 57.1. The van der Waals surface area contributed by atoms with Gasteiger partial charge in [0.05, 0.1) is 12.1 Å². The normalized spacial score (nSPS) is 29.5. The molecule has 86 heavy (non-hydrogen) atoms. The Hall–Kier alpha value is -5.67. The molecule has 0 aliphatic carbocycles. The summed E-state index contributed by atoms with van der Waals surface area (Å²) in [4.78, 5) is 172. The average molecular weight is 1220 g/mol. The number of hydrogen-bond acceptors (Lipinski definition) is 12. The van der Waals surface area contributed by atoms with Gasteiger partial charge in [-0.1, -0.05) is 117 Å². The molecule has 22 nitrogen and oxygen atoms in total. The molecule has 0 bridgehead atoms. The van der Waals surface area contributed by atoms with Crippen LogP contribution in [0.25, 0.3) is 0 Å². The first-order chi connectivity index (χ1) is 39.8. The van der Waals surface area contributed by atoms with E-state index < -0.39 is 149 Å². The summed E-state index contributed by atoms with van der Waals surface area (Å²) in [5, 5.41) is 8.63. The Kier molecular flexibility index (Phi) is 30.4. The molecular weight excluding hydrogens is 1100 g/mol. The molecule has 10 amide bonds. The van der Waals surface area contributed by atoms with Crippen LogP contribution in [-0.2, 0) is 57.5 Å². The lowest BCUT2D eigenvalue weighted by Gasteiger charge is -2.41. The molecule has 0 unspecified atom stereocenters. The summed E-state index contributed by atoms with van der Waals surface area (Å²) in [6.45, 7) is 31.1. The number of carbonyl (C=O) groups excluding carboxylic acids is 11. The molecule has 22 heteroatoms. The predicted molar refractivity (Wildman–Crippen MR) is 332 cm³/mol. The van der Waals surface area contributed by atoms with E-state index in [1.54, 1.807) is 41.5 Å². The maximum absolute atomic E-state index is 15.2. The van der Waals surface area contributed by atoms with Crippen LogP contribution >= 0.6 is 0 Å². The van der Waals surface area contributed by atoms with Gasteiger partial charge in [-0.2, -0.15) is 0 Å². The monoisotopic (exact) mass is 1210 g/mol. The van der Waals surface area contributed by atoms with Crippen LogP contribution in [0.3, 0.4) is 0 Å². The molecule has 0 saturated carbocycles. The van der Waals surface area contributed by atoms with Crippen molar-refractivity contribution >= 4 is 64.9 Å². The van der Waals surface area contributed by atoms with Crippen molar-refractivity contribution in [3.05, 3.63) is 0 Å². The number of carbonyl (C=O) groups is 11. The van der Waals surface area contributed by atoms with Crippen molar-refractivity contribution in [1.82, 2.24) is 50.2 Å². The summed E-state index contributed by atoms with van der Waals surface area (Å²) in [7, 11) is 10.4. The number of likely N-dealkylation sites (N-methyl/N-ethyl adjacent to an activating group) is 7. The van der Waals surface area contributed by atoms with Crippen LogP contribution in [0.4, 0.5) is 0 Å². The van der Waals surface area contributed by atoms with Gasteiger partial charge in [0.25, 0.3) is 0 Å². The largest absolute Gasteiger partial charge is 0.375 e. The highest BCUT2D eigenvalue weighted by molar-refractivity contribution is 6.00. The second-order valence-corrected chi connectivity index (χ2v) is 27.3. The van der Waals surface area contributed by atoms with Gasteiger partial charge in [0.15, 0.2) is 5.78 Å². The summed E-state index contributed by atoms with van der Waals surface area (Å²) in [6, 6.07) is -11.4. The molecule has 3 N–H and O–H groups in total. The number of ketones is 1. The molecule has 2 aliphatic heterocycles. The van der Waals surface area contributed by atoms with Gasteiger partial charge in [-0.05, 0) is 93.3 Å². The van der Waals surface area contributed by atoms with Crippen molar-refractivity contribution in [1.29, 1.82) is 0 Å². The zero-order chi connectivity index (χ0) is 66.3. The van der Waals surface area contributed by atoms with Crippen LogP contribution in [0, 0.1) is 47.3 Å². The van der Waals surface area contributed by atoms with E-state index in [1.165, 1.54) is 90.6 Å². The van der Waals surface area contributed by atoms with E-state index >= 15 is 19.2 Å². The molecule has 2 fully saturated rings. The van der Waals surface area contributed by atoms with E-state index in [1.807, 2.05) is 69.2 Å². The van der Waals surface area contributed by atoms with Crippen LogP contribution in [-0.4, -0.2) is 222 Å². The first kappa shape index (κ1) is 76.4. The van der Waals surface area contributed by atoms with Crippen molar-refractivity contribution in [2.75, 3.05) is 55.9 Å². The van der Waals surface area contributed by atoms with Gasteiger partial charge in [-0.25, -0.2) is 0 Å². The molecule has 13 atom stereocenters. The van der Waals surface area contributed by atoms with E-state index in [-0.39, 0.29) is 74.5 Å². The third-order valence-electron chi connectivity index (χ3n) is 17.3. The zero-order valence-corrected chi connectivity index (χ0v) is 57.1. The number of ether oxygens (including phenoxy) is 1. The Balaban J connectivity index is 3.00. The number of amides is 10. The Morgan fingerprint density at radius 2 is 0.872 bits per heavy atom. The molecule has 0 aromatic carbocycles. The molecule has 2 aliphatic rings. The van der Waals surface area contributed by atoms with Gasteiger partial charge in [0, 0.05) is 68.3 Å². The van der Waals surface area contributed by atoms with Gasteiger partial charge in [0.1, 0.15) is 54.4 Å². The molecule has 0 aromatic rings. The minimum absolute atomic E-state index is 0.0911. The first-order valence-electron chi connectivity index (χ1n) is 31.7. The summed E-state index contributed by atoms with van der Waals surface area (Å²) in [5.74, 6) is -8.92. The second kappa shape index (κ2) is 34.2. The highest BCUT2D eigenvalue weighted by atomic mass is 16.5. The fourth-order valence-electron chi connectivity index (χ4n) is 11.9. The fourth-order valence-corrected chi connectivity index (χ4v) is 11.9. The Morgan fingerprint density at radius 1 is 0.453 bits per heavy atom. The lowest BCUT2D eigenvalue weighted by atomic mass is 9.93. The first-order valence-corrected chi connectivity index (χ1v) is 31.7. The van der Waals surface area contributed by atoms with Crippen molar-refractivity contribution in [2.24, 2.45) is 47.3 Å². The quantitative estimate of drug-likeness (QED) is 0.208. The number of Topliss-reactive ketones (excluding diaryl/α,β-unsaturated/α-hetero) is 1. The van der Waals surface area contributed by atoms with Crippen molar-refractivity contribution in [3.8, 4) is 0 Å². The number of nitrogens with one attached hydrogen (secondary N) is 3. The molecular formula is C64H114N10O12. The summed E-state index contributed by atoms with van der Waals surface area (Å²) >= 11 is 0. The second-order valence-electron chi connectivity index (χ2n) is 27.3. The van der Waals surface area contributed by atoms with E-state index in [0.717, 1.165) is 0 Å². The Labute approximate surface area is 516 Å². The Bertz CT molecular complexity index is 2340. The number of nitrogens with zero attached hydrogens (tertiary/aromatic N) is 7. The van der Waals surface area contributed by atoms with Crippen LogP contribution in [0.5, 0.6) is 0 Å². The third-order valence-corrected chi connectivity index (χ3v) is 17.3. The standard InChI is InChI=1S/C64H114N10O12/c1-25-27-45-60(81)69(19)47(31-36(5)6)56(77)67-51(39(11)12)63(84)70(20)46(30-35(3)4)55(76)65-43(17)50(75)34-42(16)58(79)71(21)48(32-37(7)8)61(82)72(22)49(33-38(9)10)62(83)73(23)52(40(13)14)64(85)74(24)53(54-41(15)28-29-86-54)57(78)66-44(26-2)59(80)68(45)18/h35-49,51-54H,25-34H2,1-24H3,(H,65,76)(H,66,78)(H,67,77)/t41-,42-,43-,44-,45-,46-,47+,48+,49-,51-,52-,53-,54-/m1/s1. The van der Waals surface area contributed by atoms with Gasteiger partial charge in [-0.15, -0.1) is 0 Å². The van der Waals surface area contributed by atoms with Gasteiger partial charge >= 0.3 is 0 Å². The highest BCUT2D eigenvalue weighted by Crippen LogP contribution is 2.29. The lowest BCUT2D eigenvalue weighted by molar-refractivity contribution is -0.157. The fraction of sp³-hybridized carbons (Fsp3) is 0.828. The van der Waals surface area contributed by atoms with Crippen molar-refractivity contribution < 1.29 is 57.5 Å². The average Bonchev–Trinajstić information content (AvgIpc) is 1.98. The molecule has 2 rings (SSSR count). The van der Waals surface area contributed by atoms with Crippen molar-refractivity contribution in [3.63, 3.8) is 0 Å². The SMILES string of the molecule is CCC[C@@H]1C(=O)N(C)[C@@H](CC(C)C)C(=O)N[C@H](C(C)C)C(=O)N(C)[C@H](CC(C)C)C(=O)N[C@H](C)C(=O)C[C@@H](C)C(=O)N(C)[C@@H](CC(C)C)C(=O)N(C)[C@H](CC(C)C)C(=O)N(C)[C@H](C(C)C)C(=O)N(C)[C@H]([C@@H]2OCC[C@H]2C)C(=O)N[C@H](CC)C(=O)N1C. The number of hydrogen-bond donors (Lipinski definition) is 3.